The van der Waals surface area contributed by atoms with Gasteiger partial charge in [-0.2, -0.15) is 0 Å². The number of carbonyl (C=O) groups excluding carboxylic acids is 1. The van der Waals surface area contributed by atoms with E-state index in [1.165, 1.54) is 0 Å². The van der Waals surface area contributed by atoms with Crippen LogP contribution < -0.4 is 15.8 Å². The first-order valence-corrected chi connectivity index (χ1v) is 6.94. The lowest BCUT2D eigenvalue weighted by Crippen LogP contribution is -2.36. The van der Waals surface area contributed by atoms with E-state index in [1.54, 1.807) is 7.11 Å². The van der Waals surface area contributed by atoms with Gasteiger partial charge in [0.15, 0.2) is 0 Å². The third kappa shape index (κ3) is 4.53. The van der Waals surface area contributed by atoms with Gasteiger partial charge in [-0.3, -0.25) is 4.79 Å². The van der Waals surface area contributed by atoms with Crippen molar-refractivity contribution >= 4 is 5.91 Å². The topological polar surface area (TPSA) is 64.3 Å². The molecule has 0 fully saturated rings. The van der Waals surface area contributed by atoms with Crippen LogP contribution in [-0.4, -0.2) is 25.6 Å². The van der Waals surface area contributed by atoms with E-state index >= 15 is 0 Å². The maximum Gasteiger partial charge on any atom is 0.224 e. The number of ether oxygens (including phenoxy) is 1. The van der Waals surface area contributed by atoms with Gasteiger partial charge in [-0.25, -0.2) is 0 Å². The van der Waals surface area contributed by atoms with Crippen LogP contribution in [0.3, 0.4) is 0 Å². The molecule has 20 heavy (non-hydrogen) atoms. The number of nitrogens with one attached hydrogen (secondary N) is 1. The summed E-state index contributed by atoms with van der Waals surface area (Å²) >= 11 is 0. The van der Waals surface area contributed by atoms with Gasteiger partial charge in [0.05, 0.1) is 13.5 Å². The Bertz CT molecular complexity index is 462. The second kappa shape index (κ2) is 6.75. The molecule has 1 atom stereocenters. The van der Waals surface area contributed by atoms with Crippen LogP contribution in [0.4, 0.5) is 0 Å². The molecule has 0 aliphatic rings. The summed E-state index contributed by atoms with van der Waals surface area (Å²) in [5.74, 6) is 0.766. The highest BCUT2D eigenvalue weighted by molar-refractivity contribution is 5.79. The maximum atomic E-state index is 11.9. The number of nitrogens with two attached hydrogens (primary N) is 1. The smallest absolute Gasteiger partial charge is 0.224 e. The van der Waals surface area contributed by atoms with E-state index in [-0.39, 0.29) is 17.4 Å². The zero-order chi connectivity index (χ0) is 15.3. The van der Waals surface area contributed by atoms with Crippen molar-refractivity contribution in [3.63, 3.8) is 0 Å². The summed E-state index contributed by atoms with van der Waals surface area (Å²) in [5, 5.41) is 2.82. The third-order valence-electron chi connectivity index (χ3n) is 3.08. The third-order valence-corrected chi connectivity index (χ3v) is 3.08. The van der Waals surface area contributed by atoms with Crippen LogP contribution in [0.5, 0.6) is 5.75 Å². The van der Waals surface area contributed by atoms with Crippen molar-refractivity contribution in [2.45, 2.75) is 45.6 Å². The normalized spacial score (nSPS) is 12.9. The van der Waals surface area contributed by atoms with Gasteiger partial charge in [-0.1, -0.05) is 39.0 Å². The Morgan fingerprint density at radius 1 is 1.40 bits per heavy atom. The Morgan fingerprint density at radius 2 is 2.05 bits per heavy atom. The van der Waals surface area contributed by atoms with Gasteiger partial charge in [0, 0.05) is 18.2 Å². The lowest BCUT2D eigenvalue weighted by molar-refractivity contribution is -0.120. The summed E-state index contributed by atoms with van der Waals surface area (Å²) in [6, 6.07) is 5.90. The molecule has 0 aliphatic heterocycles. The highest BCUT2D eigenvalue weighted by Gasteiger charge is 2.21. The highest BCUT2D eigenvalue weighted by atomic mass is 16.5. The molecule has 0 saturated heterocycles. The van der Waals surface area contributed by atoms with Crippen molar-refractivity contribution < 1.29 is 9.53 Å². The van der Waals surface area contributed by atoms with E-state index in [4.69, 9.17) is 10.5 Å². The summed E-state index contributed by atoms with van der Waals surface area (Å²) < 4.78 is 5.52. The summed E-state index contributed by atoms with van der Waals surface area (Å²) in [4.78, 5) is 11.9. The molecule has 1 aromatic rings. The Labute approximate surface area is 121 Å². The minimum absolute atomic E-state index is 0.0242. The number of benzene rings is 1. The van der Waals surface area contributed by atoms with Gasteiger partial charge in [0.25, 0.3) is 0 Å². The average molecular weight is 278 g/mol. The standard InChI is InChI=1S/C16H26N2O2/c1-11(17)10-18-14(19)9-12-7-6-8-13(15(12)20-5)16(2,3)4/h6-8,11H,9-10,17H2,1-5H3,(H,18,19). The first-order chi connectivity index (χ1) is 9.25. The lowest BCUT2D eigenvalue weighted by Gasteiger charge is -2.23. The quantitative estimate of drug-likeness (QED) is 0.866. The van der Waals surface area contributed by atoms with Crippen LogP contribution >= 0.6 is 0 Å². The zero-order valence-electron chi connectivity index (χ0n) is 13.1. The zero-order valence-corrected chi connectivity index (χ0v) is 13.1. The molecule has 4 heteroatoms. The molecule has 1 aromatic carbocycles. The molecule has 4 nitrogen and oxygen atoms in total. The van der Waals surface area contributed by atoms with E-state index in [0.717, 1.165) is 16.9 Å². The van der Waals surface area contributed by atoms with Gasteiger partial charge < -0.3 is 15.8 Å². The predicted octanol–water partition coefficient (Wildman–Crippen LogP) is 2.00. The number of amides is 1. The Kier molecular flexibility index (Phi) is 5.57. The molecule has 1 unspecified atom stereocenters. The number of methoxy groups -OCH3 is 1. The van der Waals surface area contributed by atoms with E-state index < -0.39 is 0 Å². The lowest BCUT2D eigenvalue weighted by atomic mass is 9.85. The molecule has 3 N–H and O–H groups in total. The summed E-state index contributed by atoms with van der Waals surface area (Å²) in [7, 11) is 1.65. The van der Waals surface area contributed by atoms with Crippen molar-refractivity contribution in [1.82, 2.24) is 5.32 Å². The molecule has 0 spiro atoms. The Morgan fingerprint density at radius 3 is 2.55 bits per heavy atom. The minimum atomic E-state index is -0.0400. The Balaban J connectivity index is 2.93. The van der Waals surface area contributed by atoms with Crippen LogP contribution in [0, 0.1) is 0 Å². The molecule has 0 aromatic heterocycles. The number of hydrogen-bond donors (Lipinski definition) is 2. The monoisotopic (exact) mass is 278 g/mol. The van der Waals surface area contributed by atoms with Crippen molar-refractivity contribution in [3.05, 3.63) is 29.3 Å². The molecular formula is C16H26N2O2. The van der Waals surface area contributed by atoms with Crippen molar-refractivity contribution in [2.24, 2.45) is 5.73 Å². The number of carbonyl (C=O) groups is 1. The largest absolute Gasteiger partial charge is 0.496 e. The van der Waals surface area contributed by atoms with E-state index in [1.807, 2.05) is 25.1 Å². The first kappa shape index (κ1) is 16.5. The van der Waals surface area contributed by atoms with Crippen LogP contribution in [0.25, 0.3) is 0 Å². The molecule has 0 aliphatic carbocycles. The van der Waals surface area contributed by atoms with Crippen LogP contribution in [0.15, 0.2) is 18.2 Å². The molecule has 1 rings (SSSR count). The average Bonchev–Trinajstić information content (AvgIpc) is 2.35. The van der Waals surface area contributed by atoms with E-state index in [9.17, 15) is 4.79 Å². The number of para-hydroxylation sites is 1. The molecule has 0 heterocycles. The van der Waals surface area contributed by atoms with Gasteiger partial charge in [-0.15, -0.1) is 0 Å². The van der Waals surface area contributed by atoms with Crippen LogP contribution in [0.1, 0.15) is 38.8 Å². The highest BCUT2D eigenvalue weighted by Crippen LogP contribution is 2.34. The summed E-state index contributed by atoms with van der Waals surface area (Å²) in [5.41, 5.74) is 7.62. The fraction of sp³-hybridized carbons (Fsp3) is 0.562. The summed E-state index contributed by atoms with van der Waals surface area (Å²) in [6.07, 6.45) is 0.305. The number of rotatable bonds is 5. The molecule has 0 saturated carbocycles. The predicted molar refractivity (Wildman–Crippen MR) is 82.1 cm³/mol. The Hall–Kier alpha value is -1.55. The van der Waals surface area contributed by atoms with Crippen LogP contribution in [0.2, 0.25) is 0 Å². The van der Waals surface area contributed by atoms with Gasteiger partial charge in [0.2, 0.25) is 5.91 Å². The number of hydrogen-bond acceptors (Lipinski definition) is 3. The maximum absolute atomic E-state index is 11.9. The second-order valence-electron chi connectivity index (χ2n) is 6.21. The summed E-state index contributed by atoms with van der Waals surface area (Å²) in [6.45, 7) is 8.74. The molecule has 1 amide bonds. The van der Waals surface area contributed by atoms with E-state index in [0.29, 0.717) is 13.0 Å². The molecule has 112 valence electrons. The van der Waals surface area contributed by atoms with Crippen molar-refractivity contribution in [3.8, 4) is 5.75 Å². The fourth-order valence-corrected chi connectivity index (χ4v) is 2.07. The van der Waals surface area contributed by atoms with Gasteiger partial charge in [0.1, 0.15) is 5.75 Å². The first-order valence-electron chi connectivity index (χ1n) is 6.94. The fourth-order valence-electron chi connectivity index (χ4n) is 2.07. The van der Waals surface area contributed by atoms with E-state index in [2.05, 4.69) is 26.1 Å². The van der Waals surface area contributed by atoms with Crippen LogP contribution in [-0.2, 0) is 16.6 Å². The SMILES string of the molecule is COc1c(CC(=O)NCC(C)N)cccc1C(C)(C)C. The van der Waals surface area contributed by atoms with Gasteiger partial charge >= 0.3 is 0 Å². The van der Waals surface area contributed by atoms with Crippen molar-refractivity contribution in [2.75, 3.05) is 13.7 Å². The molecule has 0 radical (unpaired) electrons. The second-order valence-corrected chi connectivity index (χ2v) is 6.21. The molecule has 0 bridgehead atoms. The van der Waals surface area contributed by atoms with Crippen molar-refractivity contribution in [1.29, 1.82) is 0 Å². The van der Waals surface area contributed by atoms with Gasteiger partial charge in [-0.05, 0) is 17.9 Å². The minimum Gasteiger partial charge on any atom is -0.496 e. The molecular weight excluding hydrogens is 252 g/mol.